The fraction of sp³-hybridized carbons (Fsp3) is 0.556. The Morgan fingerprint density at radius 3 is 2.35 bits per heavy atom. The van der Waals surface area contributed by atoms with Crippen molar-refractivity contribution in [3.8, 4) is 0 Å². The first-order valence-corrected chi connectivity index (χ1v) is 8.16. The van der Waals surface area contributed by atoms with Crippen LogP contribution in [-0.4, -0.2) is 31.2 Å². The van der Waals surface area contributed by atoms with Gasteiger partial charge < -0.3 is 15.4 Å². The highest BCUT2D eigenvalue weighted by molar-refractivity contribution is 5.83. The molecule has 128 valence electrons. The van der Waals surface area contributed by atoms with Crippen molar-refractivity contribution in [2.45, 2.75) is 52.1 Å². The first kappa shape index (κ1) is 19.0. The number of urea groups is 1. The second-order valence-electron chi connectivity index (χ2n) is 5.93. The van der Waals surface area contributed by atoms with Crippen LogP contribution in [0.3, 0.4) is 0 Å². The van der Waals surface area contributed by atoms with Crippen LogP contribution >= 0.6 is 0 Å². The Bertz CT molecular complexity index is 490. The van der Waals surface area contributed by atoms with Crippen LogP contribution in [0, 0.1) is 5.92 Å². The van der Waals surface area contributed by atoms with E-state index in [2.05, 4.69) is 22.8 Å². The summed E-state index contributed by atoms with van der Waals surface area (Å²) in [5.74, 6) is -0.390. The third-order valence-corrected chi connectivity index (χ3v) is 4.04. The van der Waals surface area contributed by atoms with Crippen LogP contribution in [0.25, 0.3) is 0 Å². The number of benzene rings is 1. The molecule has 5 heteroatoms. The van der Waals surface area contributed by atoms with Gasteiger partial charge in [0.2, 0.25) is 0 Å². The topological polar surface area (TPSA) is 67.4 Å². The van der Waals surface area contributed by atoms with Gasteiger partial charge in [-0.05, 0) is 31.2 Å². The van der Waals surface area contributed by atoms with E-state index >= 15 is 0 Å². The minimum Gasteiger partial charge on any atom is -0.467 e. The molecule has 0 aliphatic heterocycles. The summed E-state index contributed by atoms with van der Waals surface area (Å²) in [5.41, 5.74) is 1.24. The molecule has 1 aromatic rings. The highest BCUT2D eigenvalue weighted by Gasteiger charge is 2.26. The van der Waals surface area contributed by atoms with E-state index in [4.69, 9.17) is 4.74 Å². The van der Waals surface area contributed by atoms with E-state index in [0.717, 1.165) is 19.3 Å². The Morgan fingerprint density at radius 1 is 1.13 bits per heavy atom. The van der Waals surface area contributed by atoms with Crippen LogP contribution in [0.5, 0.6) is 0 Å². The molecule has 0 saturated heterocycles. The van der Waals surface area contributed by atoms with Crippen LogP contribution in [0.1, 0.15) is 39.2 Å². The molecule has 2 N–H and O–H groups in total. The maximum Gasteiger partial charge on any atom is 0.328 e. The largest absolute Gasteiger partial charge is 0.467 e. The summed E-state index contributed by atoms with van der Waals surface area (Å²) in [7, 11) is 1.33. The number of carbonyl (C=O) groups is 2. The summed E-state index contributed by atoms with van der Waals surface area (Å²) in [4.78, 5) is 23.9. The lowest BCUT2D eigenvalue weighted by Crippen LogP contribution is -2.51. The maximum absolute atomic E-state index is 12.1. The van der Waals surface area contributed by atoms with Crippen molar-refractivity contribution in [2.24, 2.45) is 5.92 Å². The number of rotatable bonds is 8. The molecule has 2 amide bonds. The quantitative estimate of drug-likeness (QED) is 0.724. The van der Waals surface area contributed by atoms with Crippen LogP contribution in [-0.2, 0) is 16.0 Å². The average molecular weight is 320 g/mol. The molecular formula is C18H28N2O3. The SMILES string of the molecule is CC[C@@H](C)[C@@H](NC(=O)N[C@H](C)CCc1ccccc1)C(=O)OC. The molecule has 0 unspecified atom stereocenters. The Morgan fingerprint density at radius 2 is 1.78 bits per heavy atom. The van der Waals surface area contributed by atoms with Crippen LogP contribution in [0.2, 0.25) is 0 Å². The molecule has 0 bridgehead atoms. The van der Waals surface area contributed by atoms with Gasteiger partial charge in [0, 0.05) is 6.04 Å². The fourth-order valence-corrected chi connectivity index (χ4v) is 2.30. The average Bonchev–Trinajstić information content (AvgIpc) is 2.57. The molecule has 3 atom stereocenters. The third kappa shape index (κ3) is 6.72. The molecule has 0 spiro atoms. The summed E-state index contributed by atoms with van der Waals surface area (Å²) < 4.78 is 4.77. The summed E-state index contributed by atoms with van der Waals surface area (Å²) in [5, 5.41) is 5.60. The Hall–Kier alpha value is -2.04. The standard InChI is InChI=1S/C18H28N2O3/c1-5-13(2)16(17(21)23-4)20-18(22)19-14(3)11-12-15-9-7-6-8-10-15/h6-10,13-14,16H,5,11-12H2,1-4H3,(H2,19,20,22)/t13-,14-,16-/m1/s1. The predicted molar refractivity (Wildman–Crippen MR) is 91.2 cm³/mol. The maximum atomic E-state index is 12.1. The van der Waals surface area contributed by atoms with Crippen molar-refractivity contribution in [1.82, 2.24) is 10.6 Å². The lowest BCUT2D eigenvalue weighted by Gasteiger charge is -2.23. The summed E-state index contributed by atoms with van der Waals surface area (Å²) in [6, 6.07) is 9.21. The van der Waals surface area contributed by atoms with Crippen LogP contribution in [0.15, 0.2) is 30.3 Å². The lowest BCUT2D eigenvalue weighted by atomic mass is 9.99. The van der Waals surface area contributed by atoms with Crippen LogP contribution in [0.4, 0.5) is 4.79 Å². The molecule has 0 aliphatic carbocycles. The second kappa shape index (κ2) is 9.87. The smallest absolute Gasteiger partial charge is 0.328 e. The van der Waals surface area contributed by atoms with E-state index < -0.39 is 12.0 Å². The van der Waals surface area contributed by atoms with Gasteiger partial charge in [0.05, 0.1) is 7.11 Å². The zero-order valence-corrected chi connectivity index (χ0v) is 14.5. The van der Waals surface area contributed by atoms with E-state index in [1.807, 2.05) is 39.0 Å². The van der Waals surface area contributed by atoms with Gasteiger partial charge in [-0.3, -0.25) is 0 Å². The number of nitrogens with one attached hydrogen (secondary N) is 2. The molecule has 0 saturated carbocycles. The summed E-state index contributed by atoms with van der Waals surface area (Å²) in [6.45, 7) is 5.85. The molecule has 0 aromatic heterocycles. The number of carbonyl (C=O) groups excluding carboxylic acids is 2. The van der Waals surface area contributed by atoms with Gasteiger partial charge in [0.15, 0.2) is 0 Å². The third-order valence-electron chi connectivity index (χ3n) is 4.04. The second-order valence-corrected chi connectivity index (χ2v) is 5.93. The van der Waals surface area contributed by atoms with Crippen molar-refractivity contribution in [3.05, 3.63) is 35.9 Å². The van der Waals surface area contributed by atoms with Gasteiger partial charge in [0.25, 0.3) is 0 Å². The van der Waals surface area contributed by atoms with E-state index in [9.17, 15) is 9.59 Å². The Labute approximate surface area is 138 Å². The summed E-state index contributed by atoms with van der Waals surface area (Å²) >= 11 is 0. The highest BCUT2D eigenvalue weighted by Crippen LogP contribution is 2.09. The zero-order chi connectivity index (χ0) is 17.2. The minimum absolute atomic E-state index is 0.0189. The number of methoxy groups -OCH3 is 1. The Balaban J connectivity index is 2.45. The number of hydrogen-bond acceptors (Lipinski definition) is 3. The molecule has 1 aromatic carbocycles. The lowest BCUT2D eigenvalue weighted by molar-refractivity contribution is -0.144. The number of esters is 1. The van der Waals surface area contributed by atoms with Gasteiger partial charge >= 0.3 is 12.0 Å². The highest BCUT2D eigenvalue weighted by atomic mass is 16.5. The monoisotopic (exact) mass is 320 g/mol. The molecule has 23 heavy (non-hydrogen) atoms. The van der Waals surface area contributed by atoms with E-state index in [-0.39, 0.29) is 18.0 Å². The molecule has 0 heterocycles. The number of amides is 2. The van der Waals surface area contributed by atoms with E-state index in [1.54, 1.807) is 0 Å². The molecule has 1 rings (SSSR count). The molecule has 5 nitrogen and oxygen atoms in total. The fourth-order valence-electron chi connectivity index (χ4n) is 2.30. The zero-order valence-electron chi connectivity index (χ0n) is 14.5. The van der Waals surface area contributed by atoms with Gasteiger partial charge in [-0.15, -0.1) is 0 Å². The number of hydrogen-bond donors (Lipinski definition) is 2. The van der Waals surface area contributed by atoms with Crippen molar-refractivity contribution in [3.63, 3.8) is 0 Å². The minimum atomic E-state index is -0.619. The molecule has 0 aliphatic rings. The van der Waals surface area contributed by atoms with Gasteiger partial charge in [-0.25, -0.2) is 9.59 Å². The number of ether oxygens (including phenoxy) is 1. The number of aryl methyl sites for hydroxylation is 1. The first-order valence-electron chi connectivity index (χ1n) is 8.16. The Kier molecular flexibility index (Phi) is 8.16. The van der Waals surface area contributed by atoms with Crippen molar-refractivity contribution in [1.29, 1.82) is 0 Å². The van der Waals surface area contributed by atoms with Crippen molar-refractivity contribution < 1.29 is 14.3 Å². The van der Waals surface area contributed by atoms with Gasteiger partial charge in [-0.2, -0.15) is 0 Å². The van der Waals surface area contributed by atoms with Gasteiger partial charge in [-0.1, -0.05) is 50.6 Å². The van der Waals surface area contributed by atoms with Crippen molar-refractivity contribution >= 4 is 12.0 Å². The molecule has 0 radical (unpaired) electrons. The van der Waals surface area contributed by atoms with Crippen molar-refractivity contribution in [2.75, 3.05) is 7.11 Å². The van der Waals surface area contributed by atoms with E-state index in [0.29, 0.717) is 0 Å². The summed E-state index contributed by atoms with van der Waals surface area (Å²) in [6.07, 6.45) is 2.52. The molecule has 0 fully saturated rings. The van der Waals surface area contributed by atoms with Gasteiger partial charge in [0.1, 0.15) is 6.04 Å². The molecular weight excluding hydrogens is 292 g/mol. The van der Waals surface area contributed by atoms with E-state index in [1.165, 1.54) is 12.7 Å². The normalized spacial score (nSPS) is 14.4. The predicted octanol–water partition coefficient (Wildman–Crippen LogP) is 2.89. The first-order chi connectivity index (χ1) is 11.0. The van der Waals surface area contributed by atoms with Crippen LogP contribution < -0.4 is 10.6 Å².